The SMILES string of the molecule is COc1c(SOO[O-])cc(-c2cnc(-c3cc[n+](CCCS(=O)(=O)[O-])c4ccccc34)o2)c2ccccc12. The summed E-state index contributed by atoms with van der Waals surface area (Å²) in [5, 5.41) is 16.5. The largest absolute Gasteiger partial charge is 0.748 e. The quantitative estimate of drug-likeness (QED) is 0.0826. The van der Waals surface area contributed by atoms with E-state index in [1.165, 1.54) is 7.11 Å². The maximum atomic E-state index is 11.0. The molecule has 2 aromatic heterocycles. The van der Waals surface area contributed by atoms with Gasteiger partial charge in [-0.3, -0.25) is 5.04 Å². The molecular formula is C26H21N2O8S2-. The van der Waals surface area contributed by atoms with Crippen molar-refractivity contribution >= 4 is 43.8 Å². The first-order chi connectivity index (χ1) is 18.4. The van der Waals surface area contributed by atoms with Gasteiger partial charge in [-0.1, -0.05) is 36.4 Å². The summed E-state index contributed by atoms with van der Waals surface area (Å²) in [7, 11) is -2.75. The summed E-state index contributed by atoms with van der Waals surface area (Å²) < 4.78 is 51.3. The molecule has 0 aliphatic rings. The van der Waals surface area contributed by atoms with Crippen LogP contribution in [0.1, 0.15) is 6.42 Å². The predicted octanol–water partition coefficient (Wildman–Crippen LogP) is 3.78. The number of aromatic nitrogens is 2. The van der Waals surface area contributed by atoms with Crippen molar-refractivity contribution in [3.63, 3.8) is 0 Å². The molecule has 0 radical (unpaired) electrons. The number of methoxy groups -OCH3 is 1. The highest BCUT2D eigenvalue weighted by atomic mass is 32.2. The summed E-state index contributed by atoms with van der Waals surface area (Å²) in [6.07, 6.45) is 3.64. The minimum Gasteiger partial charge on any atom is -0.748 e. The van der Waals surface area contributed by atoms with Gasteiger partial charge in [0.05, 0.1) is 51.3 Å². The number of hydrogen-bond donors (Lipinski definition) is 0. The van der Waals surface area contributed by atoms with Crippen LogP contribution in [0.25, 0.3) is 44.5 Å². The summed E-state index contributed by atoms with van der Waals surface area (Å²) in [5.74, 6) is 0.972. The van der Waals surface area contributed by atoms with Gasteiger partial charge >= 0.3 is 0 Å². The first-order valence-electron chi connectivity index (χ1n) is 11.4. The average Bonchev–Trinajstić information content (AvgIpc) is 3.40. The van der Waals surface area contributed by atoms with Gasteiger partial charge in [-0.05, 0) is 17.5 Å². The van der Waals surface area contributed by atoms with E-state index >= 15 is 0 Å². The van der Waals surface area contributed by atoms with Crippen molar-refractivity contribution in [2.75, 3.05) is 12.9 Å². The zero-order valence-electron chi connectivity index (χ0n) is 20.0. The number of nitrogens with zero attached hydrogens (tertiary/aromatic N) is 2. The van der Waals surface area contributed by atoms with Crippen molar-refractivity contribution in [1.29, 1.82) is 0 Å². The van der Waals surface area contributed by atoms with Crippen molar-refractivity contribution in [3.8, 4) is 28.5 Å². The fourth-order valence-corrected chi connectivity index (χ4v) is 5.47. The number of benzene rings is 3. The predicted molar refractivity (Wildman–Crippen MR) is 136 cm³/mol. The Bertz CT molecular complexity index is 1720. The molecule has 0 saturated carbocycles. The van der Waals surface area contributed by atoms with E-state index in [0.29, 0.717) is 34.4 Å². The molecule has 10 nitrogen and oxygen atoms in total. The molecule has 5 rings (SSSR count). The zero-order valence-corrected chi connectivity index (χ0v) is 21.7. The summed E-state index contributed by atoms with van der Waals surface area (Å²) in [4.78, 5) is 5.05. The van der Waals surface area contributed by atoms with Gasteiger partial charge in [0.2, 0.25) is 11.4 Å². The number of aryl methyl sites for hydroxylation is 1. The fourth-order valence-electron chi connectivity index (χ4n) is 4.45. The molecule has 0 spiro atoms. The molecule has 0 fully saturated rings. The molecule has 38 heavy (non-hydrogen) atoms. The van der Waals surface area contributed by atoms with Gasteiger partial charge in [-0.15, -0.1) is 0 Å². The smallest absolute Gasteiger partial charge is 0.227 e. The van der Waals surface area contributed by atoms with Gasteiger partial charge in [0, 0.05) is 35.3 Å². The van der Waals surface area contributed by atoms with Crippen LogP contribution in [0.15, 0.2) is 82.4 Å². The molecule has 0 N–H and O–H groups in total. The highest BCUT2D eigenvalue weighted by molar-refractivity contribution is 7.94. The third-order valence-corrected chi connectivity index (χ3v) is 7.43. The van der Waals surface area contributed by atoms with E-state index in [4.69, 9.17) is 9.15 Å². The number of fused-ring (bicyclic) bond motifs is 2. The number of pyridine rings is 1. The third-order valence-electron chi connectivity index (χ3n) is 6.04. The van der Waals surface area contributed by atoms with Crippen LogP contribution < -0.4 is 14.6 Å². The van der Waals surface area contributed by atoms with Gasteiger partial charge in [0.15, 0.2) is 12.0 Å². The van der Waals surface area contributed by atoms with E-state index < -0.39 is 15.9 Å². The van der Waals surface area contributed by atoms with Crippen LogP contribution >= 0.6 is 12.0 Å². The Kier molecular flexibility index (Phi) is 7.61. The molecule has 0 aliphatic carbocycles. The topological polar surface area (TPSA) is 138 Å². The number of para-hydroxylation sites is 1. The standard InChI is InChI=1S/C26H22N2O8S2/c1-33-25-19-9-3-2-7-17(19)21(15-24(25)37-36-35-29)23-16-27-26(34-23)20-11-13-28(12-6-14-38(30,31)32)22-10-5-4-8-18(20)22/h2-5,7-11,13,15-16H,6,12,14H2,1H3,(H-,29,30,31,32)/p-1. The van der Waals surface area contributed by atoms with Crippen molar-refractivity contribution in [2.45, 2.75) is 17.9 Å². The first kappa shape index (κ1) is 26.1. The number of rotatable bonds is 10. The van der Waals surface area contributed by atoms with Crippen LogP contribution in [0.3, 0.4) is 0 Å². The van der Waals surface area contributed by atoms with Crippen molar-refractivity contribution in [2.24, 2.45) is 0 Å². The van der Waals surface area contributed by atoms with E-state index in [2.05, 4.69) is 14.4 Å². The van der Waals surface area contributed by atoms with Crippen LogP contribution in [-0.4, -0.2) is 30.8 Å². The fraction of sp³-hybridized carbons (Fsp3) is 0.154. The van der Waals surface area contributed by atoms with Crippen molar-refractivity contribution in [1.82, 2.24) is 4.98 Å². The molecule has 0 bridgehead atoms. The molecule has 12 heteroatoms. The number of ether oxygens (including phenoxy) is 1. The van der Waals surface area contributed by atoms with E-state index in [0.717, 1.165) is 39.3 Å². The maximum absolute atomic E-state index is 11.0. The minimum atomic E-state index is -4.28. The van der Waals surface area contributed by atoms with E-state index in [1.807, 2.05) is 65.4 Å². The Morgan fingerprint density at radius 1 is 1.03 bits per heavy atom. The third kappa shape index (κ3) is 5.36. The van der Waals surface area contributed by atoms with E-state index in [9.17, 15) is 18.2 Å². The highest BCUT2D eigenvalue weighted by Gasteiger charge is 2.20. The molecule has 196 valence electrons. The summed E-state index contributed by atoms with van der Waals surface area (Å²) in [5.41, 5.74) is 2.30. The second-order valence-electron chi connectivity index (χ2n) is 8.31. The lowest BCUT2D eigenvalue weighted by molar-refractivity contribution is -0.777. The van der Waals surface area contributed by atoms with Gasteiger partial charge in [-0.2, -0.15) is 8.90 Å². The Labute approximate surface area is 222 Å². The minimum absolute atomic E-state index is 0.203. The normalized spacial score (nSPS) is 11.9. The molecular weight excluding hydrogens is 532 g/mol. The van der Waals surface area contributed by atoms with Crippen LogP contribution in [0, 0.1) is 0 Å². The molecule has 0 unspecified atom stereocenters. The Hall–Kier alpha value is -3.52. The summed E-state index contributed by atoms with van der Waals surface area (Å²) in [6, 6.07) is 18.8. The van der Waals surface area contributed by atoms with Crippen LogP contribution in [-0.2, 0) is 26.0 Å². The van der Waals surface area contributed by atoms with Gasteiger partial charge in [0.1, 0.15) is 12.3 Å². The second kappa shape index (κ2) is 11.1. The summed E-state index contributed by atoms with van der Waals surface area (Å²) >= 11 is 0.728. The Morgan fingerprint density at radius 3 is 2.50 bits per heavy atom. The number of oxazole rings is 1. The molecule has 0 saturated heterocycles. The van der Waals surface area contributed by atoms with Gasteiger partial charge in [0.25, 0.3) is 0 Å². The Morgan fingerprint density at radius 2 is 1.76 bits per heavy atom. The Balaban J connectivity index is 1.57. The van der Waals surface area contributed by atoms with Crippen LogP contribution in [0.5, 0.6) is 5.75 Å². The van der Waals surface area contributed by atoms with Gasteiger partial charge in [-0.25, -0.2) is 13.4 Å². The zero-order chi connectivity index (χ0) is 26.7. The van der Waals surface area contributed by atoms with Crippen molar-refractivity contribution in [3.05, 3.63) is 73.1 Å². The molecule has 2 heterocycles. The van der Waals surface area contributed by atoms with Crippen molar-refractivity contribution < 1.29 is 41.3 Å². The first-order valence-corrected chi connectivity index (χ1v) is 13.8. The van der Waals surface area contributed by atoms with E-state index in [-0.39, 0.29) is 6.42 Å². The lowest BCUT2D eigenvalue weighted by Crippen LogP contribution is -2.35. The number of hydrogen-bond acceptors (Lipinski definition) is 10. The molecule has 0 atom stereocenters. The van der Waals surface area contributed by atoms with Gasteiger partial charge < -0.3 is 19.0 Å². The lowest BCUT2D eigenvalue weighted by Gasteiger charge is -2.14. The average molecular weight is 554 g/mol. The molecule has 0 amide bonds. The monoisotopic (exact) mass is 553 g/mol. The maximum Gasteiger partial charge on any atom is 0.227 e. The molecule has 3 aromatic carbocycles. The molecule has 0 aliphatic heterocycles. The highest BCUT2D eigenvalue weighted by Crippen LogP contribution is 2.43. The molecule has 5 aromatic rings. The van der Waals surface area contributed by atoms with E-state index in [1.54, 1.807) is 12.3 Å². The van der Waals surface area contributed by atoms with Crippen LogP contribution in [0.4, 0.5) is 0 Å². The second-order valence-corrected chi connectivity index (χ2v) is 10.6. The summed E-state index contributed by atoms with van der Waals surface area (Å²) in [6.45, 7) is 0.368. The lowest BCUT2D eigenvalue weighted by atomic mass is 10.0. The van der Waals surface area contributed by atoms with Crippen LogP contribution in [0.2, 0.25) is 0 Å².